The number of carboxylic acids is 1. The summed E-state index contributed by atoms with van der Waals surface area (Å²) in [6, 6.07) is 0. The van der Waals surface area contributed by atoms with Gasteiger partial charge >= 0.3 is 11.9 Å². The highest BCUT2D eigenvalue weighted by molar-refractivity contribution is 7.80. The zero-order valence-electron chi connectivity index (χ0n) is 10.0. The van der Waals surface area contributed by atoms with Crippen LogP contribution in [0.15, 0.2) is 0 Å². The SMILES string of the molecule is O=C(OCCS)C12CC3(C(=O)O)CC4CC1C43C2. The van der Waals surface area contributed by atoms with Gasteiger partial charge in [0.25, 0.3) is 0 Å². The van der Waals surface area contributed by atoms with Crippen LogP contribution in [0.1, 0.15) is 25.7 Å². The van der Waals surface area contributed by atoms with Gasteiger partial charge in [-0.2, -0.15) is 12.6 Å². The number of carboxylic acid groups (broad SMARTS) is 1. The van der Waals surface area contributed by atoms with Gasteiger partial charge in [0.15, 0.2) is 0 Å². The van der Waals surface area contributed by atoms with E-state index < -0.39 is 16.8 Å². The molecule has 5 atom stereocenters. The van der Waals surface area contributed by atoms with Crippen LogP contribution in [-0.4, -0.2) is 29.4 Å². The molecule has 18 heavy (non-hydrogen) atoms. The maximum Gasteiger partial charge on any atom is 0.312 e. The van der Waals surface area contributed by atoms with Crippen molar-refractivity contribution in [2.45, 2.75) is 25.7 Å². The second-order valence-corrected chi connectivity index (χ2v) is 6.93. The first-order valence-corrected chi connectivity index (χ1v) is 7.18. The Balaban J connectivity index is 1.65. The van der Waals surface area contributed by atoms with Gasteiger partial charge in [-0.15, -0.1) is 0 Å². The van der Waals surface area contributed by atoms with Crippen LogP contribution in [0.4, 0.5) is 0 Å². The van der Waals surface area contributed by atoms with Crippen molar-refractivity contribution >= 4 is 24.6 Å². The average Bonchev–Trinajstić information content (AvgIpc) is 2.57. The van der Waals surface area contributed by atoms with Crippen LogP contribution in [0.2, 0.25) is 0 Å². The molecule has 5 unspecified atom stereocenters. The zero-order valence-corrected chi connectivity index (χ0v) is 10.9. The third-order valence-electron chi connectivity index (χ3n) is 6.39. The predicted molar refractivity (Wildman–Crippen MR) is 65.2 cm³/mol. The molecule has 1 N–H and O–H groups in total. The van der Waals surface area contributed by atoms with Gasteiger partial charge in [0.2, 0.25) is 0 Å². The lowest BCUT2D eigenvalue weighted by atomic mass is 9.27. The van der Waals surface area contributed by atoms with Gasteiger partial charge in [0.05, 0.1) is 10.8 Å². The second-order valence-electron chi connectivity index (χ2n) is 6.49. The molecule has 0 radical (unpaired) electrons. The average molecular weight is 268 g/mol. The quantitative estimate of drug-likeness (QED) is 0.597. The Bertz CT molecular complexity index is 478. The Morgan fingerprint density at radius 2 is 2.17 bits per heavy atom. The van der Waals surface area contributed by atoms with Gasteiger partial charge in [-0.1, -0.05) is 0 Å². The van der Waals surface area contributed by atoms with Gasteiger partial charge < -0.3 is 9.84 Å². The molecule has 5 heteroatoms. The molecule has 98 valence electrons. The van der Waals surface area contributed by atoms with E-state index in [1.54, 1.807) is 0 Å². The van der Waals surface area contributed by atoms with Crippen molar-refractivity contribution in [2.24, 2.45) is 28.1 Å². The molecule has 0 aromatic rings. The summed E-state index contributed by atoms with van der Waals surface area (Å²) in [5.41, 5.74) is -1.09. The van der Waals surface area contributed by atoms with Crippen molar-refractivity contribution in [1.82, 2.24) is 0 Å². The molecule has 1 spiro atoms. The monoisotopic (exact) mass is 268 g/mol. The topological polar surface area (TPSA) is 63.6 Å². The zero-order chi connectivity index (χ0) is 12.8. The third kappa shape index (κ3) is 0.779. The lowest BCUT2D eigenvalue weighted by molar-refractivity contribution is -0.291. The molecule has 2 bridgehead atoms. The van der Waals surface area contributed by atoms with Crippen LogP contribution < -0.4 is 0 Å². The Morgan fingerprint density at radius 1 is 1.39 bits per heavy atom. The summed E-state index contributed by atoms with van der Waals surface area (Å²) in [5, 5.41) is 9.53. The molecule has 0 aromatic heterocycles. The van der Waals surface area contributed by atoms with E-state index in [4.69, 9.17) is 4.74 Å². The molecule has 5 rings (SSSR count). The van der Waals surface area contributed by atoms with Crippen LogP contribution in [0.25, 0.3) is 0 Å². The Morgan fingerprint density at radius 3 is 2.67 bits per heavy atom. The largest absolute Gasteiger partial charge is 0.481 e. The summed E-state index contributed by atoms with van der Waals surface area (Å²) in [4.78, 5) is 23.8. The summed E-state index contributed by atoms with van der Waals surface area (Å²) in [7, 11) is 0. The van der Waals surface area contributed by atoms with Crippen LogP contribution in [-0.2, 0) is 14.3 Å². The van der Waals surface area contributed by atoms with Gasteiger partial charge in [0.1, 0.15) is 6.61 Å². The summed E-state index contributed by atoms with van der Waals surface area (Å²) in [6.07, 6.45) is 3.08. The maximum absolute atomic E-state index is 12.2. The van der Waals surface area contributed by atoms with Gasteiger partial charge in [-0.05, 0) is 42.9 Å². The third-order valence-corrected chi connectivity index (χ3v) is 6.57. The lowest BCUT2D eigenvalue weighted by Gasteiger charge is -2.75. The van der Waals surface area contributed by atoms with E-state index in [0.717, 1.165) is 19.3 Å². The van der Waals surface area contributed by atoms with Crippen molar-refractivity contribution in [3.8, 4) is 0 Å². The smallest absolute Gasteiger partial charge is 0.312 e. The summed E-state index contributed by atoms with van der Waals surface area (Å²) >= 11 is 4.03. The van der Waals surface area contributed by atoms with Crippen molar-refractivity contribution in [2.75, 3.05) is 12.4 Å². The van der Waals surface area contributed by atoms with Gasteiger partial charge in [-0.25, -0.2) is 0 Å². The minimum atomic E-state index is -0.690. The number of hydrogen-bond donors (Lipinski definition) is 2. The number of rotatable bonds is 4. The molecule has 0 amide bonds. The highest BCUT2D eigenvalue weighted by Gasteiger charge is 2.95. The first-order valence-electron chi connectivity index (χ1n) is 6.55. The van der Waals surface area contributed by atoms with E-state index in [1.165, 1.54) is 0 Å². The van der Waals surface area contributed by atoms with E-state index in [1.807, 2.05) is 0 Å². The standard InChI is InChI=1S/C13H16O4S/c14-9(15)12-4-7-3-8-11(5-12,6-13(7,8)12)10(16)17-1-2-18/h7-8,18H,1-6H2,(H,14,15). The van der Waals surface area contributed by atoms with Crippen LogP contribution in [0, 0.1) is 28.1 Å². The fourth-order valence-electron chi connectivity index (χ4n) is 5.86. The number of carbonyl (C=O) groups excluding carboxylic acids is 1. The van der Waals surface area contributed by atoms with Crippen molar-refractivity contribution in [3.63, 3.8) is 0 Å². The van der Waals surface area contributed by atoms with Crippen LogP contribution in [0.5, 0.6) is 0 Å². The number of aliphatic carboxylic acids is 1. The van der Waals surface area contributed by atoms with Gasteiger partial charge in [-0.3, -0.25) is 9.59 Å². The lowest BCUT2D eigenvalue weighted by Crippen LogP contribution is -2.74. The van der Waals surface area contributed by atoms with E-state index in [0.29, 0.717) is 24.7 Å². The summed E-state index contributed by atoms with van der Waals surface area (Å²) in [5.74, 6) is 0.509. The van der Waals surface area contributed by atoms with Crippen molar-refractivity contribution in [3.05, 3.63) is 0 Å². The Hall–Kier alpha value is -0.710. The molecular weight excluding hydrogens is 252 g/mol. The molecule has 5 aliphatic rings. The summed E-state index contributed by atoms with van der Waals surface area (Å²) < 4.78 is 5.25. The molecule has 4 nitrogen and oxygen atoms in total. The maximum atomic E-state index is 12.2. The number of carbonyl (C=O) groups is 2. The molecule has 0 aromatic carbocycles. The predicted octanol–water partition coefficient (Wildman–Crippen LogP) is 1.35. The molecule has 5 saturated carbocycles. The number of thiol groups is 1. The Labute approximate surface area is 110 Å². The Kier molecular flexibility index (Phi) is 1.79. The van der Waals surface area contributed by atoms with Crippen molar-refractivity contribution in [1.29, 1.82) is 0 Å². The number of hydrogen-bond acceptors (Lipinski definition) is 4. The number of esters is 1. The van der Waals surface area contributed by atoms with Crippen molar-refractivity contribution < 1.29 is 19.4 Å². The van der Waals surface area contributed by atoms with E-state index in [-0.39, 0.29) is 17.3 Å². The van der Waals surface area contributed by atoms with E-state index >= 15 is 0 Å². The minimum Gasteiger partial charge on any atom is -0.481 e. The van der Waals surface area contributed by atoms with Crippen LogP contribution in [0.3, 0.4) is 0 Å². The number of ether oxygens (including phenoxy) is 1. The first-order chi connectivity index (χ1) is 8.53. The van der Waals surface area contributed by atoms with Crippen LogP contribution >= 0.6 is 12.6 Å². The molecule has 5 fully saturated rings. The highest BCUT2D eigenvalue weighted by Crippen LogP contribution is 2.95. The van der Waals surface area contributed by atoms with Gasteiger partial charge in [0, 0.05) is 5.75 Å². The fourth-order valence-corrected chi connectivity index (χ4v) is 5.95. The fraction of sp³-hybridized carbons (Fsp3) is 0.846. The molecule has 5 aliphatic carbocycles. The second kappa shape index (κ2) is 2.89. The summed E-state index contributed by atoms with van der Waals surface area (Å²) in [6.45, 7) is 0.326. The molecule has 0 aliphatic heterocycles. The molecule has 0 saturated heterocycles. The normalized spacial score (nSPS) is 53.6. The highest BCUT2D eigenvalue weighted by atomic mass is 32.1. The molecular formula is C13H16O4S. The minimum absolute atomic E-state index is 0.0290. The molecule has 0 heterocycles. The van der Waals surface area contributed by atoms with E-state index in [9.17, 15) is 14.7 Å². The first kappa shape index (κ1) is 11.1. The van der Waals surface area contributed by atoms with E-state index in [2.05, 4.69) is 12.6 Å².